The molecule has 0 saturated heterocycles. The molecule has 0 aliphatic carbocycles. The Morgan fingerprint density at radius 2 is 1.82 bits per heavy atom. The first-order valence-corrected chi connectivity index (χ1v) is 7.44. The number of benzene rings is 2. The fourth-order valence-electron chi connectivity index (χ4n) is 1.93. The molecule has 0 spiro atoms. The number of hydrogen-bond acceptors (Lipinski definition) is 3. The van der Waals surface area contributed by atoms with E-state index in [4.69, 9.17) is 11.5 Å². The number of anilines is 2. The van der Waals surface area contributed by atoms with Gasteiger partial charge in [-0.15, -0.1) is 0 Å². The van der Waals surface area contributed by atoms with Crippen LogP contribution in [0.3, 0.4) is 0 Å². The lowest BCUT2D eigenvalue weighted by Crippen LogP contribution is -2.32. The number of hydrogen-bond donors (Lipinski definition) is 2. The number of rotatable bonds is 3. The molecular weight excluding hydrogens is 344 g/mol. The molecule has 114 valence electrons. The summed E-state index contributed by atoms with van der Waals surface area (Å²) in [6.45, 7) is 3.75. The van der Waals surface area contributed by atoms with Crippen molar-refractivity contribution >= 4 is 39.0 Å². The molecule has 0 saturated carbocycles. The van der Waals surface area contributed by atoms with E-state index >= 15 is 0 Å². The fraction of sp³-hybridized carbons (Fsp3) is 0.125. The molecule has 0 fully saturated rings. The maximum Gasteiger partial charge on any atom is 0.340 e. The van der Waals surface area contributed by atoms with E-state index in [-0.39, 0.29) is 0 Å². The number of nitrogens with two attached hydrogens (primary N) is 2. The quantitative estimate of drug-likeness (QED) is 0.497. The highest BCUT2D eigenvalue weighted by Crippen LogP contribution is 2.23. The van der Waals surface area contributed by atoms with E-state index in [1.54, 1.807) is 18.2 Å². The van der Waals surface area contributed by atoms with Crippen LogP contribution in [0.5, 0.6) is 0 Å². The molecule has 0 atom stereocenters. The number of amides is 2. The second-order valence-corrected chi connectivity index (χ2v) is 5.75. The van der Waals surface area contributed by atoms with Crippen LogP contribution in [0.2, 0.25) is 0 Å². The van der Waals surface area contributed by atoms with Gasteiger partial charge < -0.3 is 11.5 Å². The Morgan fingerprint density at radius 3 is 2.36 bits per heavy atom. The number of urea groups is 1. The second kappa shape index (κ2) is 6.62. The first-order chi connectivity index (χ1) is 10.4. The van der Waals surface area contributed by atoms with Gasteiger partial charge >= 0.3 is 6.03 Å². The van der Waals surface area contributed by atoms with E-state index in [0.29, 0.717) is 17.1 Å². The summed E-state index contributed by atoms with van der Waals surface area (Å²) in [7, 11) is 0. The van der Waals surface area contributed by atoms with Crippen LogP contribution in [0.25, 0.3) is 0 Å². The van der Waals surface area contributed by atoms with E-state index in [1.807, 2.05) is 38.1 Å². The molecule has 0 bridgehead atoms. The lowest BCUT2D eigenvalue weighted by molar-refractivity contribution is 0.254. The van der Waals surface area contributed by atoms with Crippen molar-refractivity contribution in [3.63, 3.8) is 0 Å². The average molecular weight is 361 g/mol. The zero-order valence-electron chi connectivity index (χ0n) is 12.4. The Morgan fingerprint density at radius 1 is 1.18 bits per heavy atom. The first-order valence-electron chi connectivity index (χ1n) is 6.65. The number of nitrogen functional groups attached to an aromatic ring is 1. The summed E-state index contributed by atoms with van der Waals surface area (Å²) in [6.07, 6.45) is 0. The van der Waals surface area contributed by atoms with Crippen LogP contribution >= 0.6 is 15.9 Å². The molecule has 0 aromatic heterocycles. The van der Waals surface area contributed by atoms with E-state index < -0.39 is 6.03 Å². The topological polar surface area (TPSA) is 84.7 Å². The summed E-state index contributed by atoms with van der Waals surface area (Å²) in [5.74, 6) is 0. The zero-order valence-corrected chi connectivity index (χ0v) is 14.0. The number of primary amides is 1. The Balaban J connectivity index is 2.39. The van der Waals surface area contributed by atoms with Crippen molar-refractivity contribution in [3.8, 4) is 0 Å². The van der Waals surface area contributed by atoms with Crippen LogP contribution in [-0.2, 0) is 0 Å². The highest BCUT2D eigenvalue weighted by Gasteiger charge is 2.13. The summed E-state index contributed by atoms with van der Waals surface area (Å²) in [5.41, 5.74) is 14.9. The van der Waals surface area contributed by atoms with Gasteiger partial charge in [-0.05, 0) is 55.3 Å². The van der Waals surface area contributed by atoms with Crippen molar-refractivity contribution in [3.05, 3.63) is 58.1 Å². The van der Waals surface area contributed by atoms with E-state index in [0.717, 1.165) is 15.6 Å². The standard InChI is InChI=1S/C16H17BrN4O/c1-10-9-14(7-8-15(10)17)21(16(19)22)20-11(2)12-3-5-13(18)6-4-12/h3-9H,18H2,1-2H3,(H2,19,22). The largest absolute Gasteiger partial charge is 0.399 e. The third-order valence-corrected chi connectivity index (χ3v) is 4.06. The van der Waals surface area contributed by atoms with Crippen molar-refractivity contribution in [1.82, 2.24) is 0 Å². The minimum atomic E-state index is -0.642. The zero-order chi connectivity index (χ0) is 16.3. The van der Waals surface area contributed by atoms with Crippen LogP contribution in [0, 0.1) is 6.92 Å². The van der Waals surface area contributed by atoms with Gasteiger partial charge in [0.1, 0.15) is 0 Å². The molecule has 0 unspecified atom stereocenters. The molecule has 5 nitrogen and oxygen atoms in total. The molecule has 0 radical (unpaired) electrons. The van der Waals surface area contributed by atoms with Crippen molar-refractivity contribution in [2.45, 2.75) is 13.8 Å². The number of carbonyl (C=O) groups is 1. The molecule has 0 heterocycles. The highest BCUT2D eigenvalue weighted by atomic mass is 79.9. The number of hydrazone groups is 1. The lowest BCUT2D eigenvalue weighted by Gasteiger charge is -2.17. The fourth-order valence-corrected chi connectivity index (χ4v) is 2.17. The Labute approximate surface area is 137 Å². The van der Waals surface area contributed by atoms with Gasteiger partial charge in [0.15, 0.2) is 0 Å². The number of aryl methyl sites for hydroxylation is 1. The molecular formula is C16H17BrN4O. The molecule has 2 aromatic rings. The predicted octanol–water partition coefficient (Wildman–Crippen LogP) is 3.65. The van der Waals surface area contributed by atoms with Gasteiger partial charge in [0.05, 0.1) is 11.4 Å². The summed E-state index contributed by atoms with van der Waals surface area (Å²) in [5, 5.41) is 5.52. The number of carbonyl (C=O) groups excluding carboxylic acids is 1. The Bertz CT molecular complexity index is 725. The lowest BCUT2D eigenvalue weighted by atomic mass is 10.1. The third-order valence-electron chi connectivity index (χ3n) is 3.17. The Hall–Kier alpha value is -2.34. The molecule has 2 amide bonds. The number of nitrogens with zero attached hydrogens (tertiary/aromatic N) is 2. The summed E-state index contributed by atoms with van der Waals surface area (Å²) < 4.78 is 0.958. The molecule has 0 aliphatic heterocycles. The summed E-state index contributed by atoms with van der Waals surface area (Å²) >= 11 is 3.43. The average Bonchev–Trinajstić information content (AvgIpc) is 2.48. The Kier molecular flexibility index (Phi) is 4.82. The minimum absolute atomic E-state index is 0.614. The van der Waals surface area contributed by atoms with Crippen molar-refractivity contribution < 1.29 is 4.79 Å². The molecule has 2 aromatic carbocycles. The van der Waals surface area contributed by atoms with E-state index in [2.05, 4.69) is 21.0 Å². The van der Waals surface area contributed by atoms with Gasteiger partial charge in [0.25, 0.3) is 0 Å². The molecule has 22 heavy (non-hydrogen) atoms. The van der Waals surface area contributed by atoms with Crippen LogP contribution in [0.1, 0.15) is 18.1 Å². The smallest absolute Gasteiger partial charge is 0.340 e. The van der Waals surface area contributed by atoms with Gasteiger partial charge in [0.2, 0.25) is 0 Å². The third kappa shape index (κ3) is 3.65. The van der Waals surface area contributed by atoms with Crippen LogP contribution in [-0.4, -0.2) is 11.7 Å². The predicted molar refractivity (Wildman–Crippen MR) is 94.0 cm³/mol. The molecule has 2 rings (SSSR count). The van der Waals surface area contributed by atoms with Crippen LogP contribution in [0.15, 0.2) is 52.0 Å². The van der Waals surface area contributed by atoms with Crippen molar-refractivity contribution in [2.75, 3.05) is 10.7 Å². The number of halogens is 1. The van der Waals surface area contributed by atoms with Crippen molar-refractivity contribution in [2.24, 2.45) is 10.8 Å². The molecule has 4 N–H and O–H groups in total. The molecule has 0 aliphatic rings. The monoisotopic (exact) mass is 360 g/mol. The van der Waals surface area contributed by atoms with E-state index in [9.17, 15) is 4.79 Å². The second-order valence-electron chi connectivity index (χ2n) is 4.89. The SMILES string of the molecule is CC(=NN(C(N)=O)c1ccc(Br)c(C)c1)c1ccc(N)cc1. The van der Waals surface area contributed by atoms with Crippen LogP contribution in [0.4, 0.5) is 16.2 Å². The van der Waals surface area contributed by atoms with Crippen molar-refractivity contribution in [1.29, 1.82) is 0 Å². The normalized spacial score (nSPS) is 11.3. The summed E-state index contributed by atoms with van der Waals surface area (Å²) in [4.78, 5) is 11.7. The van der Waals surface area contributed by atoms with Gasteiger partial charge in [0, 0.05) is 10.2 Å². The minimum Gasteiger partial charge on any atom is -0.399 e. The van der Waals surface area contributed by atoms with Gasteiger partial charge in [-0.2, -0.15) is 10.1 Å². The van der Waals surface area contributed by atoms with Gasteiger partial charge in [-0.1, -0.05) is 28.1 Å². The van der Waals surface area contributed by atoms with Gasteiger partial charge in [-0.3, -0.25) is 0 Å². The highest BCUT2D eigenvalue weighted by molar-refractivity contribution is 9.10. The maximum absolute atomic E-state index is 11.7. The van der Waals surface area contributed by atoms with E-state index in [1.165, 1.54) is 5.01 Å². The first kappa shape index (κ1) is 16.0. The molecule has 6 heteroatoms. The van der Waals surface area contributed by atoms with Crippen LogP contribution < -0.4 is 16.5 Å². The maximum atomic E-state index is 11.7. The summed E-state index contributed by atoms with van der Waals surface area (Å²) in [6, 6.07) is 12.1. The van der Waals surface area contributed by atoms with Gasteiger partial charge in [-0.25, -0.2) is 4.79 Å².